The Kier molecular flexibility index (Phi) is 13.2. The van der Waals surface area contributed by atoms with Crippen LogP contribution in [-0.2, 0) is 26.5 Å². The van der Waals surface area contributed by atoms with Crippen LogP contribution >= 0.6 is 0 Å². The topological polar surface area (TPSA) is 25.8 Å². The molecule has 1 radical (unpaired) electrons. The first-order chi connectivity index (χ1) is 22.0. The van der Waals surface area contributed by atoms with Gasteiger partial charge in [-0.15, -0.1) is 71.3 Å². The van der Waals surface area contributed by atoms with Crippen molar-refractivity contribution in [2.75, 3.05) is 0 Å². The summed E-state index contributed by atoms with van der Waals surface area (Å²) in [6.07, 6.45) is 10.2. The standard InChI is InChI=1S/C23H24N.C20H18N.Ir/c1-2-3-4-5-10-19-11-8-12-20(17-19)21-13-9-14-22(18-21)23-15-6-7-16-24-23;1-14-11-15(2)20(16(3)12-14)18-9-10-19(21-13-18)17-7-5-4-6-8-17;/h6-9,11-13,15-18H,2-5,10H2,1H3;4-7,9-13H,1-3H3;/q2*-1;. The van der Waals surface area contributed by atoms with E-state index in [1.807, 2.05) is 60.9 Å². The van der Waals surface area contributed by atoms with E-state index in [2.05, 4.69) is 110 Å². The average molecular weight is 779 g/mol. The van der Waals surface area contributed by atoms with Crippen LogP contribution in [0, 0.1) is 32.9 Å². The molecular weight excluding hydrogens is 737 g/mol. The molecule has 0 aliphatic heterocycles. The molecule has 235 valence electrons. The zero-order valence-corrected chi connectivity index (χ0v) is 29.7. The Morgan fingerprint density at radius 2 is 1.35 bits per heavy atom. The molecule has 0 aliphatic carbocycles. The van der Waals surface area contributed by atoms with Crippen molar-refractivity contribution in [3.63, 3.8) is 0 Å². The van der Waals surface area contributed by atoms with Gasteiger partial charge in [-0.05, 0) is 84.4 Å². The summed E-state index contributed by atoms with van der Waals surface area (Å²) < 4.78 is 0. The monoisotopic (exact) mass is 779 g/mol. The van der Waals surface area contributed by atoms with Gasteiger partial charge in [-0.25, -0.2) is 0 Å². The van der Waals surface area contributed by atoms with E-state index in [1.165, 1.54) is 76.6 Å². The summed E-state index contributed by atoms with van der Waals surface area (Å²) in [5, 5.41) is 0. The van der Waals surface area contributed by atoms with Crippen LogP contribution < -0.4 is 0 Å². The van der Waals surface area contributed by atoms with Gasteiger partial charge in [0.2, 0.25) is 0 Å². The number of hydrogen-bond donors (Lipinski definition) is 0. The minimum Gasteiger partial charge on any atom is -0.305 e. The van der Waals surface area contributed by atoms with Crippen LogP contribution in [0.4, 0.5) is 0 Å². The first kappa shape index (κ1) is 34.7. The van der Waals surface area contributed by atoms with Crippen molar-refractivity contribution in [3.05, 3.63) is 156 Å². The maximum atomic E-state index is 4.60. The molecule has 0 saturated carbocycles. The van der Waals surface area contributed by atoms with E-state index in [9.17, 15) is 0 Å². The Bertz CT molecular complexity index is 1770. The SMILES string of the molecule is CCCCCCc1cccc(-c2cc[c-]c(-c3ccccn3)c2)c1.Cc1cc(C)c(-c2ccc(-c3[c-]cccc3)nc2)c(C)c1.[Ir]. The van der Waals surface area contributed by atoms with Gasteiger partial charge in [0.05, 0.1) is 0 Å². The Morgan fingerprint density at radius 3 is 2.04 bits per heavy atom. The van der Waals surface area contributed by atoms with Crippen LogP contribution in [0.15, 0.2) is 122 Å². The third kappa shape index (κ3) is 9.42. The second-order valence-corrected chi connectivity index (χ2v) is 11.7. The molecule has 46 heavy (non-hydrogen) atoms. The quantitative estimate of drug-likeness (QED) is 0.108. The Morgan fingerprint density at radius 1 is 0.587 bits per heavy atom. The molecule has 4 aromatic carbocycles. The van der Waals surface area contributed by atoms with Crippen LogP contribution in [0.1, 0.15) is 54.9 Å². The first-order valence-electron chi connectivity index (χ1n) is 16.1. The third-order valence-electron chi connectivity index (χ3n) is 8.04. The number of rotatable bonds is 9. The number of unbranched alkanes of at least 4 members (excludes halogenated alkanes) is 3. The molecule has 0 spiro atoms. The minimum atomic E-state index is 0. The van der Waals surface area contributed by atoms with Crippen molar-refractivity contribution in [2.45, 2.75) is 59.8 Å². The summed E-state index contributed by atoms with van der Waals surface area (Å²) in [4.78, 5) is 9.03. The summed E-state index contributed by atoms with van der Waals surface area (Å²) >= 11 is 0. The second-order valence-electron chi connectivity index (χ2n) is 11.7. The fraction of sp³-hybridized carbons (Fsp3) is 0.209. The van der Waals surface area contributed by atoms with Crippen LogP contribution in [-0.4, -0.2) is 9.97 Å². The van der Waals surface area contributed by atoms with Gasteiger partial charge in [-0.1, -0.05) is 92.4 Å². The minimum absolute atomic E-state index is 0. The van der Waals surface area contributed by atoms with Gasteiger partial charge in [0.25, 0.3) is 0 Å². The van der Waals surface area contributed by atoms with Crippen molar-refractivity contribution in [1.29, 1.82) is 0 Å². The molecule has 0 atom stereocenters. The molecule has 6 aromatic rings. The summed E-state index contributed by atoms with van der Waals surface area (Å²) in [6.45, 7) is 8.71. The predicted molar refractivity (Wildman–Crippen MR) is 190 cm³/mol. The van der Waals surface area contributed by atoms with E-state index in [-0.39, 0.29) is 20.1 Å². The van der Waals surface area contributed by atoms with Crippen LogP contribution in [0.3, 0.4) is 0 Å². The zero-order valence-electron chi connectivity index (χ0n) is 27.3. The molecule has 0 amide bonds. The zero-order chi connectivity index (χ0) is 31.4. The fourth-order valence-electron chi connectivity index (χ4n) is 5.87. The molecule has 3 heteroatoms. The van der Waals surface area contributed by atoms with Gasteiger partial charge >= 0.3 is 0 Å². The van der Waals surface area contributed by atoms with Gasteiger partial charge in [0.1, 0.15) is 0 Å². The summed E-state index contributed by atoms with van der Waals surface area (Å²) in [5.41, 5.74) is 14.3. The summed E-state index contributed by atoms with van der Waals surface area (Å²) in [7, 11) is 0. The van der Waals surface area contributed by atoms with Crippen LogP contribution in [0.2, 0.25) is 0 Å². The van der Waals surface area contributed by atoms with E-state index in [0.29, 0.717) is 0 Å². The van der Waals surface area contributed by atoms with Gasteiger partial charge in [-0.2, -0.15) is 0 Å². The van der Waals surface area contributed by atoms with Gasteiger partial charge in [-0.3, -0.25) is 0 Å². The summed E-state index contributed by atoms with van der Waals surface area (Å²) in [5.74, 6) is 0. The molecule has 2 aromatic heterocycles. The normalized spacial score (nSPS) is 10.4. The van der Waals surface area contributed by atoms with Crippen molar-refractivity contribution < 1.29 is 20.1 Å². The molecule has 6 rings (SSSR count). The maximum absolute atomic E-state index is 4.60. The molecule has 2 heterocycles. The van der Waals surface area contributed by atoms with Crippen LogP contribution in [0.5, 0.6) is 0 Å². The van der Waals surface area contributed by atoms with E-state index >= 15 is 0 Å². The molecule has 0 unspecified atom stereocenters. The van der Waals surface area contributed by atoms with E-state index in [4.69, 9.17) is 0 Å². The number of hydrogen-bond acceptors (Lipinski definition) is 2. The number of benzene rings is 4. The number of aromatic nitrogens is 2. The van der Waals surface area contributed by atoms with Crippen molar-refractivity contribution in [3.8, 4) is 44.8 Å². The Labute approximate surface area is 289 Å². The smallest absolute Gasteiger partial charge is 0.0239 e. The van der Waals surface area contributed by atoms with E-state index in [0.717, 1.165) is 22.5 Å². The largest absolute Gasteiger partial charge is 0.305 e. The van der Waals surface area contributed by atoms with Crippen molar-refractivity contribution in [2.24, 2.45) is 0 Å². The number of nitrogens with zero attached hydrogens (tertiary/aromatic N) is 2. The molecule has 2 nitrogen and oxygen atoms in total. The van der Waals surface area contributed by atoms with Gasteiger partial charge < -0.3 is 9.97 Å². The maximum Gasteiger partial charge on any atom is 0.0239 e. The second kappa shape index (κ2) is 17.5. The Hall–Kier alpha value is -4.17. The number of aryl methyl sites for hydroxylation is 4. The molecular formula is C43H42IrN2-2. The molecule has 0 N–H and O–H groups in total. The predicted octanol–water partition coefficient (Wildman–Crippen LogP) is 11.5. The number of pyridine rings is 2. The van der Waals surface area contributed by atoms with Gasteiger partial charge in [0.15, 0.2) is 0 Å². The van der Waals surface area contributed by atoms with Crippen molar-refractivity contribution >= 4 is 0 Å². The fourth-order valence-corrected chi connectivity index (χ4v) is 5.87. The summed E-state index contributed by atoms with van der Waals surface area (Å²) in [6, 6.07) is 44.3. The van der Waals surface area contributed by atoms with Crippen molar-refractivity contribution in [1.82, 2.24) is 9.97 Å². The van der Waals surface area contributed by atoms with Gasteiger partial charge in [0, 0.05) is 32.5 Å². The Balaban J connectivity index is 0.000000206. The third-order valence-corrected chi connectivity index (χ3v) is 8.04. The molecule has 0 bridgehead atoms. The van der Waals surface area contributed by atoms with E-state index in [1.54, 1.807) is 0 Å². The first-order valence-corrected chi connectivity index (χ1v) is 16.1. The molecule has 0 saturated heterocycles. The van der Waals surface area contributed by atoms with E-state index < -0.39 is 0 Å². The average Bonchev–Trinajstić information content (AvgIpc) is 3.08. The molecule has 0 aliphatic rings. The van der Waals surface area contributed by atoms with Crippen LogP contribution in [0.25, 0.3) is 44.8 Å². The molecule has 0 fully saturated rings.